The molecule has 152 valence electrons. The normalized spacial score (nSPS) is 14.8. The molecule has 1 aliphatic heterocycles. The molecule has 3 aromatic rings. The summed E-state index contributed by atoms with van der Waals surface area (Å²) in [5.74, 6) is 0.314. The fraction of sp³-hybridized carbons (Fsp3) is 0.389. The molecule has 3 heterocycles. The van der Waals surface area contributed by atoms with E-state index in [-0.39, 0.29) is 17.3 Å². The summed E-state index contributed by atoms with van der Waals surface area (Å²) in [7, 11) is 0. The van der Waals surface area contributed by atoms with Crippen molar-refractivity contribution >= 4 is 44.0 Å². The molecular weight excluding hydrogens is 394 g/mol. The van der Waals surface area contributed by atoms with Gasteiger partial charge < -0.3 is 15.4 Å². The number of benzene rings is 1. The van der Waals surface area contributed by atoms with Crippen molar-refractivity contribution in [1.82, 2.24) is 19.9 Å². The molecule has 1 saturated heterocycles. The monoisotopic (exact) mass is 415 g/mol. The van der Waals surface area contributed by atoms with E-state index in [0.717, 1.165) is 35.4 Å². The first-order valence-electron chi connectivity index (χ1n) is 9.28. The van der Waals surface area contributed by atoms with Gasteiger partial charge in [-0.2, -0.15) is 0 Å². The van der Waals surface area contributed by atoms with Gasteiger partial charge in [-0.15, -0.1) is 0 Å². The third-order valence-corrected chi connectivity index (χ3v) is 5.61. The molecule has 0 unspecified atom stereocenters. The van der Waals surface area contributed by atoms with E-state index < -0.39 is 4.92 Å². The Morgan fingerprint density at radius 2 is 2.07 bits per heavy atom. The molecule has 2 aromatic heterocycles. The van der Waals surface area contributed by atoms with Gasteiger partial charge in [0.2, 0.25) is 11.6 Å². The smallest absolute Gasteiger partial charge is 0.353 e. The van der Waals surface area contributed by atoms with Crippen LogP contribution in [0.25, 0.3) is 10.2 Å². The lowest BCUT2D eigenvalue weighted by Gasteiger charge is -2.26. The number of anilines is 3. The maximum Gasteiger partial charge on any atom is 0.353 e. The predicted molar refractivity (Wildman–Crippen MR) is 112 cm³/mol. The van der Waals surface area contributed by atoms with Crippen LogP contribution in [0.3, 0.4) is 0 Å². The summed E-state index contributed by atoms with van der Waals surface area (Å²) in [6.07, 6.45) is 1.31. The van der Waals surface area contributed by atoms with Crippen molar-refractivity contribution in [2.75, 3.05) is 50.0 Å². The van der Waals surface area contributed by atoms with E-state index in [2.05, 4.69) is 30.5 Å². The molecule has 0 spiro atoms. The van der Waals surface area contributed by atoms with E-state index in [1.807, 2.05) is 25.1 Å². The minimum Gasteiger partial charge on any atom is -0.379 e. The number of nitrogens with one attached hydrogen (secondary N) is 2. The van der Waals surface area contributed by atoms with Crippen LogP contribution in [0, 0.1) is 17.0 Å². The number of thiazole rings is 1. The summed E-state index contributed by atoms with van der Waals surface area (Å²) in [6, 6.07) is 5.91. The summed E-state index contributed by atoms with van der Waals surface area (Å²) in [4.78, 5) is 26.2. The molecule has 0 bridgehead atoms. The van der Waals surface area contributed by atoms with Gasteiger partial charge in [0, 0.05) is 26.2 Å². The molecule has 10 nitrogen and oxygen atoms in total. The van der Waals surface area contributed by atoms with Crippen LogP contribution in [0.2, 0.25) is 0 Å². The molecule has 29 heavy (non-hydrogen) atoms. The first-order valence-corrected chi connectivity index (χ1v) is 10.1. The Balaban J connectivity index is 1.52. The summed E-state index contributed by atoms with van der Waals surface area (Å²) >= 11 is 1.43. The van der Waals surface area contributed by atoms with E-state index in [4.69, 9.17) is 4.74 Å². The molecule has 1 aromatic carbocycles. The van der Waals surface area contributed by atoms with Crippen LogP contribution in [-0.2, 0) is 4.74 Å². The highest BCUT2D eigenvalue weighted by Crippen LogP contribution is 2.34. The minimum absolute atomic E-state index is 0.121. The lowest BCUT2D eigenvalue weighted by molar-refractivity contribution is -0.383. The largest absolute Gasteiger partial charge is 0.379 e. The van der Waals surface area contributed by atoms with Crippen molar-refractivity contribution in [3.05, 3.63) is 40.2 Å². The molecule has 0 atom stereocenters. The number of ether oxygens (including phenoxy) is 1. The number of aryl methyl sites for hydroxylation is 1. The highest BCUT2D eigenvalue weighted by molar-refractivity contribution is 7.22. The Morgan fingerprint density at radius 1 is 1.28 bits per heavy atom. The van der Waals surface area contributed by atoms with Gasteiger partial charge in [-0.3, -0.25) is 15.0 Å². The number of nitro groups is 1. The van der Waals surface area contributed by atoms with Gasteiger partial charge in [0.1, 0.15) is 6.33 Å². The average Bonchev–Trinajstić information content (AvgIpc) is 3.13. The maximum absolute atomic E-state index is 11.7. The predicted octanol–water partition coefficient (Wildman–Crippen LogP) is 2.79. The number of morpholine rings is 1. The second-order valence-electron chi connectivity index (χ2n) is 6.62. The lowest BCUT2D eigenvalue weighted by atomic mass is 10.2. The number of hydrogen-bond acceptors (Lipinski definition) is 10. The molecule has 0 aliphatic carbocycles. The van der Waals surface area contributed by atoms with Crippen LogP contribution >= 0.6 is 11.3 Å². The third-order valence-electron chi connectivity index (χ3n) is 4.68. The second kappa shape index (κ2) is 8.64. The molecule has 1 fully saturated rings. The van der Waals surface area contributed by atoms with Crippen molar-refractivity contribution < 1.29 is 9.66 Å². The number of hydrogen-bond donors (Lipinski definition) is 2. The number of rotatable bonds is 7. The van der Waals surface area contributed by atoms with Crippen LogP contribution in [0.4, 0.5) is 22.5 Å². The number of para-hydroxylation sites is 1. The summed E-state index contributed by atoms with van der Waals surface area (Å²) in [5, 5.41) is 18.3. The van der Waals surface area contributed by atoms with Gasteiger partial charge >= 0.3 is 5.69 Å². The lowest BCUT2D eigenvalue weighted by Crippen LogP contribution is -2.39. The highest BCUT2D eigenvalue weighted by Gasteiger charge is 2.24. The Hall–Kier alpha value is -2.89. The molecule has 4 rings (SSSR count). The Labute approximate surface area is 171 Å². The van der Waals surface area contributed by atoms with Gasteiger partial charge in [0.15, 0.2) is 5.13 Å². The van der Waals surface area contributed by atoms with Crippen molar-refractivity contribution in [2.24, 2.45) is 0 Å². The zero-order valence-electron chi connectivity index (χ0n) is 15.9. The van der Waals surface area contributed by atoms with Crippen molar-refractivity contribution in [3.8, 4) is 0 Å². The van der Waals surface area contributed by atoms with Gasteiger partial charge in [0.25, 0.3) is 0 Å². The molecule has 0 radical (unpaired) electrons. The Kier molecular flexibility index (Phi) is 5.79. The average molecular weight is 415 g/mol. The fourth-order valence-electron chi connectivity index (χ4n) is 3.17. The maximum atomic E-state index is 11.7. The van der Waals surface area contributed by atoms with Crippen LogP contribution in [0.5, 0.6) is 0 Å². The number of aromatic nitrogens is 3. The van der Waals surface area contributed by atoms with Crippen LogP contribution in [-0.4, -0.2) is 64.2 Å². The zero-order valence-corrected chi connectivity index (χ0v) is 16.7. The van der Waals surface area contributed by atoms with E-state index in [9.17, 15) is 10.1 Å². The second-order valence-corrected chi connectivity index (χ2v) is 7.65. The quantitative estimate of drug-likeness (QED) is 0.443. The molecule has 2 N–H and O–H groups in total. The van der Waals surface area contributed by atoms with Crippen LogP contribution < -0.4 is 10.6 Å². The van der Waals surface area contributed by atoms with Gasteiger partial charge in [-0.1, -0.05) is 23.5 Å². The van der Waals surface area contributed by atoms with E-state index in [0.29, 0.717) is 24.9 Å². The first kappa shape index (κ1) is 19.4. The van der Waals surface area contributed by atoms with Gasteiger partial charge in [-0.25, -0.2) is 15.0 Å². The minimum atomic E-state index is -0.474. The van der Waals surface area contributed by atoms with Gasteiger partial charge in [-0.05, 0) is 18.6 Å². The highest BCUT2D eigenvalue weighted by atomic mass is 32.1. The van der Waals surface area contributed by atoms with Crippen LogP contribution in [0.15, 0.2) is 24.5 Å². The Morgan fingerprint density at radius 3 is 2.83 bits per heavy atom. The molecular formula is C18H21N7O3S. The molecule has 11 heteroatoms. The van der Waals surface area contributed by atoms with Crippen molar-refractivity contribution in [3.63, 3.8) is 0 Å². The molecule has 1 aliphatic rings. The van der Waals surface area contributed by atoms with Crippen molar-refractivity contribution in [1.29, 1.82) is 0 Å². The topological polar surface area (TPSA) is 118 Å². The van der Waals surface area contributed by atoms with E-state index in [1.165, 1.54) is 17.7 Å². The van der Waals surface area contributed by atoms with Crippen molar-refractivity contribution in [2.45, 2.75) is 6.92 Å². The number of fused-ring (bicyclic) bond motifs is 1. The molecule has 0 amide bonds. The molecule has 0 saturated carbocycles. The number of nitrogens with zero attached hydrogens (tertiary/aromatic N) is 5. The third kappa shape index (κ3) is 4.42. The van der Waals surface area contributed by atoms with Crippen LogP contribution in [0.1, 0.15) is 5.56 Å². The van der Waals surface area contributed by atoms with Gasteiger partial charge in [0.05, 0.1) is 28.4 Å². The van der Waals surface area contributed by atoms with E-state index >= 15 is 0 Å². The summed E-state index contributed by atoms with van der Waals surface area (Å²) in [5.41, 5.74) is 1.74. The Bertz CT molecular complexity index is 1020. The first-order chi connectivity index (χ1) is 14.1. The SMILES string of the molecule is Cc1cccc2sc(Nc3ncnc(NCCN4CCOCC4)c3[N+](=O)[O-])nc12. The fourth-order valence-corrected chi connectivity index (χ4v) is 4.11. The summed E-state index contributed by atoms with van der Waals surface area (Å²) < 4.78 is 6.34. The summed E-state index contributed by atoms with van der Waals surface area (Å²) in [6.45, 7) is 6.42. The standard InChI is InChI=1S/C18H21N7O3S/c1-12-3-2-4-13-14(12)22-18(29-13)23-17-15(25(26)27)16(20-11-21-17)19-5-6-24-7-9-28-10-8-24/h2-4,11H,5-10H2,1H3,(H2,19,20,21,22,23). The zero-order chi connectivity index (χ0) is 20.2. The van der Waals surface area contributed by atoms with E-state index in [1.54, 1.807) is 0 Å².